The van der Waals surface area contributed by atoms with Crippen LogP contribution < -0.4 is 10.6 Å². The van der Waals surface area contributed by atoms with E-state index in [-0.39, 0.29) is 37.5 Å². The monoisotopic (exact) mass is 692 g/mol. The third kappa shape index (κ3) is 9.42. The minimum Gasteiger partial charge on any atom is -0.465 e. The van der Waals surface area contributed by atoms with E-state index >= 15 is 0 Å². The number of carbonyl (C=O) groups is 3. The largest absolute Gasteiger partial charge is 0.465 e. The number of hydrogen-bond acceptors (Lipinski definition) is 7. The molecule has 3 aliphatic heterocycles. The summed E-state index contributed by atoms with van der Waals surface area (Å²) in [5, 5.41) is 18.5. The summed E-state index contributed by atoms with van der Waals surface area (Å²) >= 11 is 1.56. The van der Waals surface area contributed by atoms with Gasteiger partial charge in [0.1, 0.15) is 6.04 Å². The molecule has 1 aliphatic carbocycles. The molecule has 0 radical (unpaired) electrons. The Morgan fingerprint density at radius 1 is 0.980 bits per heavy atom. The Bertz CT molecular complexity index is 1370. The van der Waals surface area contributed by atoms with E-state index in [4.69, 9.17) is 0 Å². The molecule has 4 aliphatic rings. The van der Waals surface area contributed by atoms with E-state index in [1.165, 1.54) is 29.7 Å². The second-order valence-corrected chi connectivity index (χ2v) is 16.1. The highest BCUT2D eigenvalue weighted by Gasteiger charge is 2.43. The lowest BCUT2D eigenvalue weighted by molar-refractivity contribution is -0.145. The molecule has 1 aromatic carbocycles. The zero-order valence-corrected chi connectivity index (χ0v) is 30.0. The zero-order chi connectivity index (χ0) is 34.2. The summed E-state index contributed by atoms with van der Waals surface area (Å²) in [6.45, 7) is 8.59. The predicted molar refractivity (Wildman–Crippen MR) is 193 cm³/mol. The van der Waals surface area contributed by atoms with Crippen molar-refractivity contribution >= 4 is 29.2 Å². The van der Waals surface area contributed by atoms with Gasteiger partial charge in [-0.1, -0.05) is 42.8 Å². The van der Waals surface area contributed by atoms with Crippen molar-refractivity contribution in [3.05, 3.63) is 58.3 Å². The van der Waals surface area contributed by atoms with E-state index in [0.717, 1.165) is 82.5 Å². The first kappa shape index (κ1) is 35.8. The van der Waals surface area contributed by atoms with Gasteiger partial charge in [-0.25, -0.2) is 4.79 Å². The minimum absolute atomic E-state index is 0.0116. The number of piperazine rings is 1. The van der Waals surface area contributed by atoms with Gasteiger partial charge >= 0.3 is 6.09 Å². The van der Waals surface area contributed by atoms with Gasteiger partial charge in [0.25, 0.3) is 0 Å². The van der Waals surface area contributed by atoms with Gasteiger partial charge in [0.05, 0.1) is 19.1 Å². The van der Waals surface area contributed by atoms with Crippen molar-refractivity contribution in [1.82, 2.24) is 30.2 Å². The number of unbranched alkanes of at least 4 members (excludes halogenated alkanes) is 1. The van der Waals surface area contributed by atoms with Crippen LogP contribution in [-0.4, -0.2) is 113 Å². The van der Waals surface area contributed by atoms with Crippen LogP contribution in [0.5, 0.6) is 0 Å². The van der Waals surface area contributed by atoms with E-state index in [9.17, 15) is 19.5 Å². The quantitative estimate of drug-likeness (QED) is 0.254. The number of benzene rings is 1. The molecule has 11 heteroatoms. The molecule has 1 unspecified atom stereocenters. The van der Waals surface area contributed by atoms with Crippen LogP contribution in [0.15, 0.2) is 47.8 Å². The van der Waals surface area contributed by atoms with Crippen molar-refractivity contribution < 1.29 is 19.5 Å². The molecule has 1 spiro atoms. The predicted octanol–water partition coefficient (Wildman–Crippen LogP) is 5.00. The van der Waals surface area contributed by atoms with E-state index in [0.29, 0.717) is 18.0 Å². The molecule has 1 aromatic heterocycles. The van der Waals surface area contributed by atoms with Gasteiger partial charge in [0, 0.05) is 43.1 Å². The lowest BCUT2D eigenvalue weighted by atomic mass is 9.72. The number of likely N-dealkylation sites (tertiary alicyclic amines) is 2. The molecule has 3 N–H and O–H groups in total. The number of carboxylic acid groups (broad SMARTS) is 1. The number of hydrogen-bond donors (Lipinski definition) is 3. The van der Waals surface area contributed by atoms with E-state index in [2.05, 4.69) is 57.7 Å². The van der Waals surface area contributed by atoms with Gasteiger partial charge in [-0.2, -0.15) is 0 Å². The summed E-state index contributed by atoms with van der Waals surface area (Å²) in [4.78, 5) is 49.1. The number of nitrogens with one attached hydrogen (secondary N) is 2. The van der Waals surface area contributed by atoms with Gasteiger partial charge in [-0.15, -0.1) is 11.3 Å². The van der Waals surface area contributed by atoms with Gasteiger partial charge in [0.2, 0.25) is 11.8 Å². The Morgan fingerprint density at radius 2 is 1.80 bits per heavy atom. The highest BCUT2D eigenvalue weighted by Crippen LogP contribution is 2.44. The third-order valence-electron chi connectivity index (χ3n) is 11.7. The first-order valence-electron chi connectivity index (χ1n) is 18.6. The average Bonchev–Trinajstić information content (AvgIpc) is 3.88. The van der Waals surface area contributed by atoms with Crippen LogP contribution in [0, 0.1) is 5.41 Å². The lowest BCUT2D eigenvalue weighted by Gasteiger charge is -2.42. The van der Waals surface area contributed by atoms with Crippen molar-refractivity contribution in [1.29, 1.82) is 0 Å². The van der Waals surface area contributed by atoms with Gasteiger partial charge in [-0.3, -0.25) is 14.5 Å². The number of carbonyl (C=O) groups excluding carboxylic acids is 2. The molecule has 268 valence electrons. The Labute approximate surface area is 296 Å². The molecule has 0 bridgehead atoms. The van der Waals surface area contributed by atoms with Crippen LogP contribution in [0.25, 0.3) is 0 Å². The molecule has 10 nitrogen and oxygen atoms in total. The molecule has 2 aromatic rings. The highest BCUT2D eigenvalue weighted by atomic mass is 32.1. The van der Waals surface area contributed by atoms with Crippen molar-refractivity contribution in [2.24, 2.45) is 5.41 Å². The summed E-state index contributed by atoms with van der Waals surface area (Å²) in [5.74, 6) is -0.360. The molecule has 6 rings (SSSR count). The summed E-state index contributed by atoms with van der Waals surface area (Å²) < 4.78 is 0. The fourth-order valence-electron chi connectivity index (χ4n) is 8.71. The van der Waals surface area contributed by atoms with Crippen LogP contribution in [-0.2, 0) is 22.7 Å². The first-order chi connectivity index (χ1) is 23.8. The fourth-order valence-corrected chi connectivity index (χ4v) is 9.35. The molecule has 4 heterocycles. The van der Waals surface area contributed by atoms with Crippen LogP contribution >= 0.6 is 11.3 Å². The van der Waals surface area contributed by atoms with Crippen molar-refractivity contribution in [3.8, 4) is 0 Å². The summed E-state index contributed by atoms with van der Waals surface area (Å²) in [6, 6.07) is 14.3. The van der Waals surface area contributed by atoms with Crippen molar-refractivity contribution in [2.45, 2.75) is 108 Å². The molecule has 1 saturated carbocycles. The maximum absolute atomic E-state index is 14.5. The average molecular weight is 693 g/mol. The number of thiophene rings is 1. The van der Waals surface area contributed by atoms with Gasteiger partial charge in [-0.05, 0) is 107 Å². The Hall–Kier alpha value is -2.99. The maximum Gasteiger partial charge on any atom is 0.407 e. The zero-order valence-electron chi connectivity index (χ0n) is 29.2. The van der Waals surface area contributed by atoms with Crippen LogP contribution in [0.2, 0.25) is 0 Å². The number of amides is 3. The molecule has 3 amide bonds. The number of rotatable bonds is 13. The Balaban J connectivity index is 1.09. The van der Waals surface area contributed by atoms with Crippen molar-refractivity contribution in [3.63, 3.8) is 0 Å². The normalized spacial score (nSPS) is 27.1. The van der Waals surface area contributed by atoms with E-state index in [1.54, 1.807) is 16.2 Å². The smallest absolute Gasteiger partial charge is 0.407 e. The van der Waals surface area contributed by atoms with Crippen molar-refractivity contribution in [2.75, 3.05) is 45.8 Å². The van der Waals surface area contributed by atoms with E-state index in [1.807, 2.05) is 17.5 Å². The Morgan fingerprint density at radius 3 is 2.51 bits per heavy atom. The number of nitrogens with zero attached hydrogens (tertiary/aromatic N) is 4. The van der Waals surface area contributed by atoms with Crippen LogP contribution in [0.4, 0.5) is 4.79 Å². The topological polar surface area (TPSA) is 108 Å². The maximum atomic E-state index is 14.5. The summed E-state index contributed by atoms with van der Waals surface area (Å²) in [7, 11) is 0. The molecular weight excluding hydrogens is 637 g/mol. The van der Waals surface area contributed by atoms with Crippen LogP contribution in [0.3, 0.4) is 0 Å². The fraction of sp³-hybridized carbons (Fsp3) is 0.658. The standard InChI is InChI=1S/C38H56N6O4S/c1-29-9-7-20-42(29)19-6-5-13-33(40-31-14-16-38(17-15-31)18-21-41(28-38)26-30-10-3-2-4-11-30)36(46)44-23-22-43(37(47)48)27-34(44)35(45)39-25-32-12-8-24-49-32/h2-4,8,10-12,24,29,31,33-34,40H,5-7,9,13-23,25-28H2,1H3,(H,39,45)(H,47,48)/t29?,31?,33-,34+,38?/m1/s1. The lowest BCUT2D eigenvalue weighted by Crippen LogP contribution is -2.64. The first-order valence-corrected chi connectivity index (χ1v) is 19.5. The minimum atomic E-state index is -1.06. The van der Waals surface area contributed by atoms with Crippen LogP contribution in [0.1, 0.15) is 81.6 Å². The molecule has 3 saturated heterocycles. The molecule has 49 heavy (non-hydrogen) atoms. The SMILES string of the molecule is CC1CCCN1CCCC[C@@H](NC1CCC2(CC1)CCN(Cc1ccccc1)C2)C(=O)N1CCN(C(=O)O)C[C@H]1C(=O)NCc1cccs1. The summed E-state index contributed by atoms with van der Waals surface area (Å²) in [6.07, 6.45) is 9.81. The third-order valence-corrected chi connectivity index (χ3v) is 12.6. The molecule has 3 atom stereocenters. The second-order valence-electron chi connectivity index (χ2n) is 15.0. The Kier molecular flexibility index (Phi) is 12.3. The summed E-state index contributed by atoms with van der Waals surface area (Å²) in [5.41, 5.74) is 1.73. The second kappa shape index (κ2) is 16.8. The van der Waals surface area contributed by atoms with E-state index < -0.39 is 18.2 Å². The highest BCUT2D eigenvalue weighted by molar-refractivity contribution is 7.09. The van der Waals surface area contributed by atoms with Gasteiger partial charge < -0.3 is 30.4 Å². The molecule has 4 fully saturated rings. The van der Waals surface area contributed by atoms with Gasteiger partial charge in [0.15, 0.2) is 0 Å². The molecular formula is C38H56N6O4S.